The Bertz CT molecular complexity index is 434. The van der Waals surface area contributed by atoms with Gasteiger partial charge in [-0.3, -0.25) is 4.79 Å². The summed E-state index contributed by atoms with van der Waals surface area (Å²) >= 11 is 5.83. The number of aliphatic hydroxyl groups excluding tert-OH is 1. The molecule has 1 fully saturated rings. The van der Waals surface area contributed by atoms with E-state index in [4.69, 9.17) is 21.4 Å². The van der Waals surface area contributed by atoms with E-state index in [0.29, 0.717) is 18.0 Å². The molecule has 1 aliphatic heterocycles. The quantitative estimate of drug-likeness (QED) is 0.911. The number of rotatable bonds is 3. The van der Waals surface area contributed by atoms with Gasteiger partial charge < -0.3 is 14.7 Å². The molecule has 0 spiro atoms. The normalized spacial score (nSPS) is 24.4. The molecule has 1 heterocycles. The first-order chi connectivity index (χ1) is 8.54. The van der Waals surface area contributed by atoms with Crippen LogP contribution in [-0.4, -0.2) is 36.4 Å². The summed E-state index contributed by atoms with van der Waals surface area (Å²) in [7, 11) is 0. The minimum atomic E-state index is -0.498. The van der Waals surface area contributed by atoms with Crippen molar-refractivity contribution in [2.45, 2.75) is 18.9 Å². The van der Waals surface area contributed by atoms with Crippen LogP contribution in [0.3, 0.4) is 0 Å². The van der Waals surface area contributed by atoms with Gasteiger partial charge in [0.1, 0.15) is 6.61 Å². The van der Waals surface area contributed by atoms with Crippen molar-refractivity contribution in [3.8, 4) is 0 Å². The van der Waals surface area contributed by atoms with Crippen LogP contribution in [0.1, 0.15) is 13.3 Å². The van der Waals surface area contributed by atoms with E-state index in [1.54, 1.807) is 17.0 Å². The van der Waals surface area contributed by atoms with Gasteiger partial charge in [0, 0.05) is 23.7 Å². The first-order valence-electron chi connectivity index (χ1n) is 5.85. The SMILES string of the molecule is CC1(CCO)CN(c2ccc(Cl)cc2)C(=O)CO1. The third-order valence-corrected chi connectivity index (χ3v) is 3.37. The summed E-state index contributed by atoms with van der Waals surface area (Å²) in [6.45, 7) is 2.42. The van der Waals surface area contributed by atoms with E-state index in [-0.39, 0.29) is 19.1 Å². The zero-order valence-corrected chi connectivity index (χ0v) is 11.0. The average molecular weight is 270 g/mol. The van der Waals surface area contributed by atoms with Crippen LogP contribution in [-0.2, 0) is 9.53 Å². The number of hydrogen-bond donors (Lipinski definition) is 1. The number of benzene rings is 1. The second-order valence-electron chi connectivity index (χ2n) is 4.67. The van der Waals surface area contributed by atoms with Crippen LogP contribution in [0.4, 0.5) is 5.69 Å². The third kappa shape index (κ3) is 2.83. The maximum atomic E-state index is 11.9. The number of amides is 1. The number of halogens is 1. The van der Waals surface area contributed by atoms with E-state index < -0.39 is 5.60 Å². The van der Waals surface area contributed by atoms with Crippen LogP contribution in [0.5, 0.6) is 0 Å². The summed E-state index contributed by atoms with van der Waals surface area (Å²) in [4.78, 5) is 13.6. The smallest absolute Gasteiger partial charge is 0.253 e. The van der Waals surface area contributed by atoms with Crippen molar-refractivity contribution < 1.29 is 14.6 Å². The molecule has 2 rings (SSSR count). The summed E-state index contributed by atoms with van der Waals surface area (Å²) < 4.78 is 5.52. The Morgan fingerprint density at radius 3 is 2.72 bits per heavy atom. The Morgan fingerprint density at radius 2 is 2.11 bits per heavy atom. The molecule has 1 N–H and O–H groups in total. The van der Waals surface area contributed by atoms with Crippen molar-refractivity contribution in [3.05, 3.63) is 29.3 Å². The van der Waals surface area contributed by atoms with Crippen LogP contribution in [0.2, 0.25) is 5.02 Å². The molecule has 1 amide bonds. The highest BCUT2D eigenvalue weighted by Crippen LogP contribution is 2.27. The molecule has 1 atom stereocenters. The van der Waals surface area contributed by atoms with Crippen LogP contribution < -0.4 is 4.90 Å². The highest BCUT2D eigenvalue weighted by atomic mass is 35.5. The molecule has 1 unspecified atom stereocenters. The van der Waals surface area contributed by atoms with Gasteiger partial charge in [0.2, 0.25) is 0 Å². The monoisotopic (exact) mass is 269 g/mol. The Kier molecular flexibility index (Phi) is 3.90. The zero-order valence-electron chi connectivity index (χ0n) is 10.2. The second-order valence-corrected chi connectivity index (χ2v) is 5.10. The average Bonchev–Trinajstić information content (AvgIpc) is 2.34. The summed E-state index contributed by atoms with van der Waals surface area (Å²) in [6.07, 6.45) is 0.504. The summed E-state index contributed by atoms with van der Waals surface area (Å²) in [6, 6.07) is 7.13. The fourth-order valence-electron chi connectivity index (χ4n) is 2.03. The van der Waals surface area contributed by atoms with Crippen LogP contribution in [0.15, 0.2) is 24.3 Å². The highest BCUT2D eigenvalue weighted by Gasteiger charge is 2.36. The molecule has 1 aliphatic rings. The summed E-state index contributed by atoms with van der Waals surface area (Å²) in [5.41, 5.74) is 0.305. The van der Waals surface area contributed by atoms with Gasteiger partial charge in [-0.1, -0.05) is 11.6 Å². The number of aliphatic hydroxyl groups is 1. The molecule has 18 heavy (non-hydrogen) atoms. The van der Waals surface area contributed by atoms with Crippen molar-refractivity contribution >= 4 is 23.2 Å². The second kappa shape index (κ2) is 5.26. The lowest BCUT2D eigenvalue weighted by Crippen LogP contribution is -2.53. The number of carbonyl (C=O) groups is 1. The predicted molar refractivity (Wildman–Crippen MR) is 69.9 cm³/mol. The van der Waals surface area contributed by atoms with Gasteiger partial charge in [0.05, 0.1) is 12.1 Å². The molecule has 1 saturated heterocycles. The topological polar surface area (TPSA) is 49.8 Å². The van der Waals surface area contributed by atoms with Gasteiger partial charge in [-0.25, -0.2) is 0 Å². The third-order valence-electron chi connectivity index (χ3n) is 3.12. The number of morpholine rings is 1. The minimum absolute atomic E-state index is 0.0408. The molecule has 5 heteroatoms. The first-order valence-corrected chi connectivity index (χ1v) is 6.23. The van der Waals surface area contributed by atoms with Gasteiger partial charge in [0.15, 0.2) is 0 Å². The van der Waals surface area contributed by atoms with Gasteiger partial charge in [-0.2, -0.15) is 0 Å². The fourth-order valence-corrected chi connectivity index (χ4v) is 2.15. The zero-order chi connectivity index (χ0) is 13.2. The molecule has 1 aromatic rings. The van der Waals surface area contributed by atoms with E-state index in [1.807, 2.05) is 19.1 Å². The largest absolute Gasteiger partial charge is 0.396 e. The van der Waals surface area contributed by atoms with Gasteiger partial charge in [0.25, 0.3) is 5.91 Å². The molecule has 0 aromatic heterocycles. The fraction of sp³-hybridized carbons (Fsp3) is 0.462. The van der Waals surface area contributed by atoms with Crippen molar-refractivity contribution in [3.63, 3.8) is 0 Å². The van der Waals surface area contributed by atoms with Crippen molar-refractivity contribution in [1.29, 1.82) is 0 Å². The van der Waals surface area contributed by atoms with Gasteiger partial charge >= 0.3 is 0 Å². The summed E-state index contributed by atoms with van der Waals surface area (Å²) in [5.74, 6) is -0.0762. The molecule has 0 radical (unpaired) electrons. The molecule has 0 saturated carbocycles. The Hall–Kier alpha value is -1.10. The van der Waals surface area contributed by atoms with Crippen molar-refractivity contribution in [2.75, 3.05) is 24.7 Å². The summed E-state index contributed by atoms with van der Waals surface area (Å²) in [5, 5.41) is 9.68. The number of nitrogens with zero attached hydrogens (tertiary/aromatic N) is 1. The van der Waals surface area contributed by atoms with Crippen LogP contribution in [0.25, 0.3) is 0 Å². The van der Waals surface area contributed by atoms with Gasteiger partial charge in [-0.15, -0.1) is 0 Å². The van der Waals surface area contributed by atoms with E-state index in [1.165, 1.54) is 0 Å². The number of carbonyl (C=O) groups excluding carboxylic acids is 1. The number of anilines is 1. The van der Waals surface area contributed by atoms with Crippen LogP contribution >= 0.6 is 11.6 Å². The van der Waals surface area contributed by atoms with E-state index in [9.17, 15) is 4.79 Å². The standard InChI is InChI=1S/C13H16ClNO3/c1-13(6-7-16)9-15(12(17)8-18-13)11-4-2-10(14)3-5-11/h2-5,16H,6-9H2,1H3. The van der Waals surface area contributed by atoms with E-state index in [2.05, 4.69) is 0 Å². The highest BCUT2D eigenvalue weighted by molar-refractivity contribution is 6.30. The number of ether oxygens (including phenoxy) is 1. The van der Waals surface area contributed by atoms with Crippen molar-refractivity contribution in [2.24, 2.45) is 0 Å². The minimum Gasteiger partial charge on any atom is -0.396 e. The molecule has 1 aromatic carbocycles. The Labute approximate surface area is 111 Å². The molecule has 98 valence electrons. The Morgan fingerprint density at radius 1 is 1.44 bits per heavy atom. The molecule has 0 aliphatic carbocycles. The van der Waals surface area contributed by atoms with E-state index in [0.717, 1.165) is 5.69 Å². The number of hydrogen-bond acceptors (Lipinski definition) is 3. The lowest BCUT2D eigenvalue weighted by Gasteiger charge is -2.40. The first kappa shape index (κ1) is 13.3. The van der Waals surface area contributed by atoms with E-state index >= 15 is 0 Å². The Balaban J connectivity index is 2.20. The molecule has 4 nitrogen and oxygen atoms in total. The maximum Gasteiger partial charge on any atom is 0.253 e. The molecule has 0 bridgehead atoms. The maximum absolute atomic E-state index is 11.9. The van der Waals surface area contributed by atoms with Gasteiger partial charge in [-0.05, 0) is 31.2 Å². The lowest BCUT2D eigenvalue weighted by atomic mass is 9.99. The predicted octanol–water partition coefficient (Wildman–Crippen LogP) is 1.84. The molecular formula is C13H16ClNO3. The molecular weight excluding hydrogens is 254 g/mol. The van der Waals surface area contributed by atoms with Crippen molar-refractivity contribution in [1.82, 2.24) is 0 Å². The lowest BCUT2D eigenvalue weighted by molar-refractivity contribution is -0.138. The van der Waals surface area contributed by atoms with Crippen LogP contribution in [0, 0.1) is 0 Å².